The fraction of sp³-hybridized carbons (Fsp3) is 0.500. The Labute approximate surface area is 210 Å². The van der Waals surface area contributed by atoms with Crippen LogP contribution in [0, 0.1) is 11.7 Å². The number of likely N-dealkylation sites (N-methyl/N-ethyl adjacent to an activating group) is 1. The van der Waals surface area contributed by atoms with Crippen molar-refractivity contribution in [3.05, 3.63) is 70.5 Å². The summed E-state index contributed by atoms with van der Waals surface area (Å²) in [5.41, 5.74) is -2.41. The molecule has 0 bridgehead atoms. The maximum absolute atomic E-state index is 13.6. The first-order valence-electron chi connectivity index (χ1n) is 11.7. The first-order chi connectivity index (χ1) is 17.1. The average Bonchev–Trinajstić information content (AvgIpc) is 3.19. The molecule has 204 valence electrons. The number of rotatable bonds is 8. The van der Waals surface area contributed by atoms with Crippen LogP contribution >= 0.6 is 0 Å². The summed E-state index contributed by atoms with van der Waals surface area (Å²) in [7, 11) is 1.65. The topological polar surface area (TPSA) is 49.8 Å². The summed E-state index contributed by atoms with van der Waals surface area (Å²) >= 11 is 0. The Kier molecular flexibility index (Phi) is 8.58. The van der Waals surface area contributed by atoms with Crippen LogP contribution < -0.4 is 0 Å². The van der Waals surface area contributed by atoms with E-state index in [1.807, 2.05) is 0 Å². The van der Waals surface area contributed by atoms with Crippen molar-refractivity contribution >= 4 is 5.97 Å². The zero-order valence-electron chi connectivity index (χ0n) is 20.4. The number of halogens is 7. The molecule has 0 unspecified atom stereocenters. The summed E-state index contributed by atoms with van der Waals surface area (Å²) in [4.78, 5) is 13.0. The molecule has 1 aliphatic carbocycles. The lowest BCUT2D eigenvalue weighted by atomic mass is 9.86. The summed E-state index contributed by atoms with van der Waals surface area (Å²) in [6.07, 6.45) is -10.6. The molecular weight excluding hydrogens is 507 g/mol. The summed E-state index contributed by atoms with van der Waals surface area (Å²) in [6, 6.07) is 6.25. The van der Waals surface area contributed by atoms with Crippen LogP contribution in [0.5, 0.6) is 0 Å². The zero-order valence-corrected chi connectivity index (χ0v) is 20.4. The van der Waals surface area contributed by atoms with Crippen LogP contribution in [0.1, 0.15) is 61.0 Å². The van der Waals surface area contributed by atoms with E-state index in [2.05, 4.69) is 0 Å². The molecule has 4 nitrogen and oxygen atoms in total. The molecule has 2 aromatic carbocycles. The Hall–Kier alpha value is -2.66. The van der Waals surface area contributed by atoms with Crippen molar-refractivity contribution in [3.63, 3.8) is 0 Å². The summed E-state index contributed by atoms with van der Waals surface area (Å²) in [6.45, 7) is 3.28. The van der Waals surface area contributed by atoms with E-state index in [9.17, 15) is 40.6 Å². The van der Waals surface area contributed by atoms with Gasteiger partial charge >= 0.3 is 18.3 Å². The molecule has 1 aliphatic rings. The number of hydrogen-bond acceptors (Lipinski definition) is 3. The van der Waals surface area contributed by atoms with Crippen molar-refractivity contribution in [1.29, 1.82) is 0 Å². The van der Waals surface area contributed by atoms with Crippen LogP contribution in [0.3, 0.4) is 0 Å². The van der Waals surface area contributed by atoms with E-state index < -0.39 is 53.5 Å². The highest BCUT2D eigenvalue weighted by Gasteiger charge is 2.41. The Balaban J connectivity index is 1.91. The van der Waals surface area contributed by atoms with Gasteiger partial charge in [-0.2, -0.15) is 26.3 Å². The molecule has 1 N–H and O–H groups in total. The second kappa shape index (κ2) is 11.0. The van der Waals surface area contributed by atoms with Gasteiger partial charge in [-0.15, -0.1) is 0 Å². The van der Waals surface area contributed by atoms with Crippen molar-refractivity contribution < 1.29 is 45.4 Å². The third-order valence-corrected chi connectivity index (χ3v) is 6.98. The van der Waals surface area contributed by atoms with E-state index in [1.54, 1.807) is 24.1 Å². The van der Waals surface area contributed by atoms with Gasteiger partial charge in [0.15, 0.2) is 0 Å². The maximum atomic E-state index is 13.6. The first kappa shape index (κ1) is 28.9. The number of nitrogens with zero attached hydrogens (tertiary/aromatic N) is 1. The SMILES string of the molecule is C[C@@H](O[C@H]1CC[C@@H](CN(C)[C@@H](C)C(=O)O)[C@@H]1c1ccc(F)cc1)c1cc(C(F)(F)F)cc(C(F)(F)F)c1. The summed E-state index contributed by atoms with van der Waals surface area (Å²) < 4.78 is 99.6. The molecule has 0 aromatic heterocycles. The summed E-state index contributed by atoms with van der Waals surface area (Å²) in [5, 5.41) is 9.33. The van der Waals surface area contributed by atoms with Crippen LogP contribution in [0.25, 0.3) is 0 Å². The Morgan fingerprint density at radius 3 is 2.03 bits per heavy atom. The average molecular weight is 536 g/mol. The molecule has 0 saturated heterocycles. The minimum Gasteiger partial charge on any atom is -0.480 e. The molecule has 0 amide bonds. The zero-order chi connectivity index (χ0) is 27.7. The molecular formula is C26H28F7NO3. The van der Waals surface area contributed by atoms with Crippen molar-refractivity contribution in [2.75, 3.05) is 13.6 Å². The predicted molar refractivity (Wildman–Crippen MR) is 121 cm³/mol. The van der Waals surface area contributed by atoms with Crippen molar-refractivity contribution in [2.45, 2.75) is 63.2 Å². The Morgan fingerprint density at radius 2 is 1.54 bits per heavy atom. The van der Waals surface area contributed by atoms with Crippen molar-refractivity contribution in [3.8, 4) is 0 Å². The van der Waals surface area contributed by atoms with Gasteiger partial charge in [0.2, 0.25) is 0 Å². The highest BCUT2D eigenvalue weighted by molar-refractivity contribution is 5.72. The number of ether oxygens (including phenoxy) is 1. The van der Waals surface area contributed by atoms with Gasteiger partial charge in [0.1, 0.15) is 11.9 Å². The molecule has 0 aliphatic heterocycles. The van der Waals surface area contributed by atoms with E-state index in [0.29, 0.717) is 37.1 Å². The molecule has 0 heterocycles. The third-order valence-electron chi connectivity index (χ3n) is 6.98. The minimum absolute atomic E-state index is 0.0720. The lowest BCUT2D eigenvalue weighted by Gasteiger charge is -2.31. The number of carboxylic acid groups (broad SMARTS) is 1. The van der Waals surface area contributed by atoms with E-state index in [-0.39, 0.29) is 23.5 Å². The van der Waals surface area contributed by atoms with Crippen LogP contribution in [-0.2, 0) is 21.9 Å². The summed E-state index contributed by atoms with van der Waals surface area (Å²) in [5.74, 6) is -1.99. The van der Waals surface area contributed by atoms with Gasteiger partial charge in [-0.1, -0.05) is 12.1 Å². The molecule has 0 spiro atoms. The van der Waals surface area contributed by atoms with Gasteiger partial charge in [-0.05, 0) is 81.1 Å². The minimum atomic E-state index is -4.98. The number of aliphatic carboxylic acids is 1. The fourth-order valence-electron chi connectivity index (χ4n) is 4.84. The number of carbonyl (C=O) groups is 1. The van der Waals surface area contributed by atoms with E-state index in [1.165, 1.54) is 26.0 Å². The van der Waals surface area contributed by atoms with E-state index >= 15 is 0 Å². The Bertz CT molecular complexity index is 1050. The van der Waals surface area contributed by atoms with Crippen molar-refractivity contribution in [1.82, 2.24) is 4.90 Å². The second-order valence-electron chi connectivity index (χ2n) is 9.52. The van der Waals surface area contributed by atoms with Crippen molar-refractivity contribution in [2.24, 2.45) is 5.92 Å². The van der Waals surface area contributed by atoms with Gasteiger partial charge in [0.05, 0.1) is 23.3 Å². The molecule has 1 saturated carbocycles. The normalized spacial score (nSPS) is 22.3. The van der Waals surface area contributed by atoms with Gasteiger partial charge < -0.3 is 9.84 Å². The van der Waals surface area contributed by atoms with E-state index in [4.69, 9.17) is 4.74 Å². The standard InChI is InChI=1S/C26H28F7NO3/c1-14(24(35)36)34(3)13-17-6-9-22(23(17)16-4-7-21(27)8-5-16)37-15(2)18-10-19(25(28,29)30)12-20(11-18)26(31,32)33/h4-5,7-8,10-12,14-15,17,22-23H,6,9,13H2,1-3H3,(H,35,36)/t14-,15+,17-,22-,23-/m0/s1. The van der Waals surface area contributed by atoms with Crippen LogP contribution in [0.2, 0.25) is 0 Å². The third kappa shape index (κ3) is 7.01. The second-order valence-corrected chi connectivity index (χ2v) is 9.52. The first-order valence-corrected chi connectivity index (χ1v) is 11.7. The number of alkyl halides is 6. The van der Waals surface area contributed by atoms with Crippen LogP contribution in [0.4, 0.5) is 30.7 Å². The van der Waals surface area contributed by atoms with Gasteiger partial charge in [-0.25, -0.2) is 4.39 Å². The molecule has 37 heavy (non-hydrogen) atoms. The molecule has 3 rings (SSSR count). The quantitative estimate of drug-likeness (QED) is 0.374. The molecule has 1 fully saturated rings. The molecule has 11 heteroatoms. The highest BCUT2D eigenvalue weighted by Crippen LogP contribution is 2.45. The fourth-order valence-corrected chi connectivity index (χ4v) is 4.84. The van der Waals surface area contributed by atoms with Crippen LogP contribution in [-0.4, -0.2) is 41.7 Å². The molecule has 2 aromatic rings. The number of benzene rings is 2. The lowest BCUT2D eigenvalue weighted by Crippen LogP contribution is -2.40. The number of hydrogen-bond donors (Lipinski definition) is 1. The predicted octanol–water partition coefficient (Wildman–Crippen LogP) is 6.91. The largest absolute Gasteiger partial charge is 0.480 e. The molecule has 0 radical (unpaired) electrons. The molecule has 5 atom stereocenters. The van der Waals surface area contributed by atoms with E-state index in [0.717, 1.165) is 0 Å². The number of carboxylic acids is 1. The van der Waals surface area contributed by atoms with Gasteiger partial charge in [0, 0.05) is 12.5 Å². The van der Waals surface area contributed by atoms with Crippen LogP contribution in [0.15, 0.2) is 42.5 Å². The maximum Gasteiger partial charge on any atom is 0.416 e. The highest BCUT2D eigenvalue weighted by atomic mass is 19.4. The Morgan fingerprint density at radius 1 is 1.00 bits per heavy atom. The van der Waals surface area contributed by atoms with Gasteiger partial charge in [-0.3, -0.25) is 9.69 Å². The monoisotopic (exact) mass is 535 g/mol. The van der Waals surface area contributed by atoms with Gasteiger partial charge in [0.25, 0.3) is 0 Å². The lowest BCUT2D eigenvalue weighted by molar-refractivity contribution is -0.144. The smallest absolute Gasteiger partial charge is 0.416 e.